The van der Waals surface area contributed by atoms with Gasteiger partial charge in [0.2, 0.25) is 0 Å². The summed E-state index contributed by atoms with van der Waals surface area (Å²) in [5.74, 6) is 0. The maximum atomic E-state index is 2.47. The summed E-state index contributed by atoms with van der Waals surface area (Å²) in [5, 5.41) is 10.3. The zero-order valence-electron chi connectivity index (χ0n) is 32.5. The van der Waals surface area contributed by atoms with Crippen LogP contribution in [-0.4, -0.2) is 4.57 Å². The van der Waals surface area contributed by atoms with Gasteiger partial charge in [-0.15, -0.1) is 0 Å². The van der Waals surface area contributed by atoms with E-state index < -0.39 is 0 Å². The Morgan fingerprint density at radius 2 is 0.793 bits per heavy atom. The van der Waals surface area contributed by atoms with Crippen LogP contribution >= 0.6 is 0 Å². The molecule has 0 saturated heterocycles. The highest BCUT2D eigenvalue weighted by Crippen LogP contribution is 2.50. The highest BCUT2D eigenvalue weighted by molar-refractivity contribution is 6.26. The van der Waals surface area contributed by atoms with Crippen LogP contribution in [0.3, 0.4) is 0 Å². The molecule has 0 amide bonds. The monoisotopic (exact) mass is 737 g/mol. The van der Waals surface area contributed by atoms with Crippen LogP contribution < -0.4 is 0 Å². The van der Waals surface area contributed by atoms with Crippen molar-refractivity contribution < 1.29 is 0 Å². The van der Waals surface area contributed by atoms with E-state index >= 15 is 0 Å². The Morgan fingerprint density at radius 3 is 1.57 bits per heavy atom. The minimum Gasteiger partial charge on any atom is -0.309 e. The summed E-state index contributed by atoms with van der Waals surface area (Å²) in [4.78, 5) is 0. The third-order valence-corrected chi connectivity index (χ3v) is 13.0. The van der Waals surface area contributed by atoms with E-state index in [2.05, 4.69) is 219 Å². The van der Waals surface area contributed by atoms with E-state index in [4.69, 9.17) is 0 Å². The topological polar surface area (TPSA) is 4.93 Å². The maximum Gasteiger partial charge on any atom is 0.0541 e. The summed E-state index contributed by atoms with van der Waals surface area (Å²) in [6, 6.07) is 74.5. The van der Waals surface area contributed by atoms with Gasteiger partial charge in [0.05, 0.1) is 11.0 Å². The molecular weight excluding hydrogens is 699 g/mol. The molecule has 10 aromatic carbocycles. The molecular formula is C57H39N. The lowest BCUT2D eigenvalue weighted by Crippen LogP contribution is -2.14. The maximum absolute atomic E-state index is 2.47. The zero-order chi connectivity index (χ0) is 38.5. The third kappa shape index (κ3) is 4.77. The standard InChI is InChI=1S/C57H39N/c1-57(2)53-22-12-10-20-47(53)48-30-26-39(35-54(48)57)50-32-36(37-27-31-56-52(33-37)49-21-11-13-23-55(49)58(56)40-14-4-3-5-15-40)24-28-41(50)38-25-29-46-44-18-7-6-16-42(44)43-17-8-9-19-45(43)51(46)34-38/h3-35H,1-2H3. The molecule has 11 aromatic rings. The normalized spacial score (nSPS) is 13.1. The molecule has 0 aliphatic heterocycles. The minimum atomic E-state index is -0.0966. The minimum absolute atomic E-state index is 0.0966. The molecule has 1 aliphatic rings. The van der Waals surface area contributed by atoms with Crippen molar-refractivity contribution in [1.29, 1.82) is 0 Å². The molecule has 1 nitrogen and oxygen atoms in total. The van der Waals surface area contributed by atoms with E-state index in [1.54, 1.807) is 0 Å². The first kappa shape index (κ1) is 33.0. The van der Waals surface area contributed by atoms with Crippen molar-refractivity contribution in [2.75, 3.05) is 0 Å². The van der Waals surface area contributed by atoms with E-state index in [9.17, 15) is 0 Å². The molecule has 0 atom stereocenters. The lowest BCUT2D eigenvalue weighted by atomic mass is 9.81. The summed E-state index contributed by atoms with van der Waals surface area (Å²) in [7, 11) is 0. The first-order valence-electron chi connectivity index (χ1n) is 20.3. The molecule has 1 aliphatic carbocycles. The SMILES string of the molecule is CC1(C)c2ccccc2-c2ccc(-c3cc(-c4ccc5c(c4)c4ccccc4n5-c4ccccc4)ccc3-c3ccc4c5ccccc5c5ccccc5c4c3)cc21. The average molecular weight is 738 g/mol. The van der Waals surface area contributed by atoms with Gasteiger partial charge in [-0.05, 0) is 136 Å². The van der Waals surface area contributed by atoms with Crippen LogP contribution in [0.4, 0.5) is 0 Å². The van der Waals surface area contributed by atoms with Crippen LogP contribution in [-0.2, 0) is 5.41 Å². The smallest absolute Gasteiger partial charge is 0.0541 e. The van der Waals surface area contributed by atoms with Crippen LogP contribution in [0.1, 0.15) is 25.0 Å². The average Bonchev–Trinajstić information content (AvgIpc) is 3.74. The Bertz CT molecular complexity index is 3440. The summed E-state index contributed by atoms with van der Waals surface area (Å²) < 4.78 is 2.39. The Hall–Kier alpha value is -7.22. The van der Waals surface area contributed by atoms with Gasteiger partial charge in [-0.25, -0.2) is 0 Å². The van der Waals surface area contributed by atoms with E-state index in [0.29, 0.717) is 0 Å². The number of fused-ring (bicyclic) bond motifs is 12. The number of rotatable bonds is 4. The second kappa shape index (κ2) is 12.4. The van der Waals surface area contributed by atoms with Gasteiger partial charge in [-0.3, -0.25) is 0 Å². The summed E-state index contributed by atoms with van der Waals surface area (Å²) >= 11 is 0. The van der Waals surface area contributed by atoms with Crippen LogP contribution in [0.5, 0.6) is 0 Å². The lowest BCUT2D eigenvalue weighted by Gasteiger charge is -2.22. The van der Waals surface area contributed by atoms with Gasteiger partial charge in [-0.2, -0.15) is 0 Å². The van der Waals surface area contributed by atoms with Crippen molar-refractivity contribution >= 4 is 54.1 Å². The van der Waals surface area contributed by atoms with Crippen molar-refractivity contribution in [2.45, 2.75) is 19.3 Å². The van der Waals surface area contributed by atoms with E-state index in [0.717, 1.165) is 0 Å². The fourth-order valence-corrected chi connectivity index (χ4v) is 10.2. The summed E-state index contributed by atoms with van der Waals surface area (Å²) in [5.41, 5.74) is 16.3. The molecule has 1 aromatic heterocycles. The second-order valence-electron chi connectivity index (χ2n) is 16.5. The Balaban J connectivity index is 1.09. The van der Waals surface area contributed by atoms with E-state index in [1.165, 1.54) is 115 Å². The molecule has 0 fully saturated rings. The van der Waals surface area contributed by atoms with Gasteiger partial charge in [-0.1, -0.05) is 166 Å². The van der Waals surface area contributed by atoms with Crippen LogP contribution in [0, 0.1) is 0 Å². The highest BCUT2D eigenvalue weighted by atomic mass is 15.0. The fraction of sp³-hybridized carbons (Fsp3) is 0.0526. The van der Waals surface area contributed by atoms with Crippen LogP contribution in [0.2, 0.25) is 0 Å². The molecule has 0 saturated carbocycles. The lowest BCUT2D eigenvalue weighted by molar-refractivity contribution is 0.660. The number of aromatic nitrogens is 1. The van der Waals surface area contributed by atoms with Gasteiger partial charge >= 0.3 is 0 Å². The van der Waals surface area contributed by atoms with Crippen molar-refractivity contribution in [2.24, 2.45) is 0 Å². The molecule has 0 spiro atoms. The molecule has 0 unspecified atom stereocenters. The van der Waals surface area contributed by atoms with Crippen LogP contribution in [0.25, 0.3) is 104 Å². The first-order valence-corrected chi connectivity index (χ1v) is 20.3. The van der Waals surface area contributed by atoms with E-state index in [-0.39, 0.29) is 5.41 Å². The largest absolute Gasteiger partial charge is 0.309 e. The molecule has 1 heterocycles. The Morgan fingerprint density at radius 1 is 0.293 bits per heavy atom. The fourth-order valence-electron chi connectivity index (χ4n) is 10.2. The molecule has 0 bridgehead atoms. The van der Waals surface area contributed by atoms with Crippen molar-refractivity contribution in [3.05, 3.63) is 211 Å². The zero-order valence-corrected chi connectivity index (χ0v) is 32.5. The number of hydrogen-bond acceptors (Lipinski definition) is 0. The molecule has 1 heteroatoms. The van der Waals surface area contributed by atoms with Gasteiger partial charge in [0.1, 0.15) is 0 Å². The van der Waals surface area contributed by atoms with E-state index in [1.807, 2.05) is 0 Å². The quantitative estimate of drug-likeness (QED) is 0.159. The second-order valence-corrected chi connectivity index (χ2v) is 16.5. The molecule has 0 N–H and O–H groups in total. The summed E-state index contributed by atoms with van der Waals surface area (Å²) in [6.07, 6.45) is 0. The Labute approximate surface area is 338 Å². The third-order valence-electron chi connectivity index (χ3n) is 13.0. The first-order chi connectivity index (χ1) is 28.5. The molecule has 272 valence electrons. The number of hydrogen-bond donors (Lipinski definition) is 0. The van der Waals surface area contributed by atoms with Crippen molar-refractivity contribution in [3.8, 4) is 50.2 Å². The van der Waals surface area contributed by atoms with Crippen molar-refractivity contribution in [3.63, 3.8) is 0 Å². The van der Waals surface area contributed by atoms with Gasteiger partial charge in [0.25, 0.3) is 0 Å². The molecule has 12 rings (SSSR count). The number of benzene rings is 10. The predicted octanol–water partition coefficient (Wildman–Crippen LogP) is 15.6. The van der Waals surface area contributed by atoms with Gasteiger partial charge in [0, 0.05) is 21.9 Å². The van der Waals surface area contributed by atoms with Crippen molar-refractivity contribution in [1.82, 2.24) is 4.57 Å². The molecule has 58 heavy (non-hydrogen) atoms. The van der Waals surface area contributed by atoms with Gasteiger partial charge in [0.15, 0.2) is 0 Å². The van der Waals surface area contributed by atoms with Crippen LogP contribution in [0.15, 0.2) is 200 Å². The number of nitrogens with zero attached hydrogens (tertiary/aromatic N) is 1. The summed E-state index contributed by atoms with van der Waals surface area (Å²) in [6.45, 7) is 4.75. The van der Waals surface area contributed by atoms with Gasteiger partial charge < -0.3 is 4.57 Å². The highest BCUT2D eigenvalue weighted by Gasteiger charge is 2.35. The molecule has 0 radical (unpaired) electrons. The Kier molecular flexibility index (Phi) is 7.04. The number of para-hydroxylation sites is 2. The predicted molar refractivity (Wildman–Crippen MR) is 247 cm³/mol.